The van der Waals surface area contributed by atoms with Gasteiger partial charge in [0.05, 0.1) is 0 Å². The van der Waals surface area contributed by atoms with E-state index < -0.39 is 38.7 Å². The van der Waals surface area contributed by atoms with Gasteiger partial charge in [0.1, 0.15) is 0 Å². The minimum absolute atomic E-state index is 0.111. The molecule has 0 bridgehead atoms. The van der Waals surface area contributed by atoms with Gasteiger partial charge in [0.15, 0.2) is 0 Å². The molecule has 27 heavy (non-hydrogen) atoms. The molecule has 0 radical (unpaired) electrons. The Morgan fingerprint density at radius 2 is 0.815 bits per heavy atom. The van der Waals surface area contributed by atoms with Crippen LogP contribution < -0.4 is 0 Å². The Morgan fingerprint density at radius 1 is 0.556 bits per heavy atom. The van der Waals surface area contributed by atoms with Gasteiger partial charge in [-0.1, -0.05) is 0 Å². The molecule has 0 aliphatic rings. The molecule has 0 saturated carbocycles. The van der Waals surface area contributed by atoms with Crippen LogP contribution in [0.1, 0.15) is 82.1 Å². The molecule has 0 aliphatic heterocycles. The van der Waals surface area contributed by atoms with E-state index in [4.69, 9.17) is 10.6 Å². The molecule has 2 atom stereocenters. The van der Waals surface area contributed by atoms with Crippen LogP contribution in [-0.4, -0.2) is 28.8 Å². The fourth-order valence-electron chi connectivity index (χ4n) is 3.27. The van der Waals surface area contributed by atoms with Crippen LogP contribution in [0.25, 0.3) is 0 Å². The molecule has 2 unspecified atom stereocenters. The zero-order chi connectivity index (χ0) is 21.1. The van der Waals surface area contributed by atoms with Gasteiger partial charge in [-0.3, -0.25) is 0 Å². The van der Waals surface area contributed by atoms with Crippen LogP contribution in [0.2, 0.25) is 36.3 Å². The van der Waals surface area contributed by atoms with Crippen molar-refractivity contribution in [2.24, 2.45) is 0 Å². The standard InChI is InChI=1S/2C6H15OSi.2C4H9O.Zr/c2*1-4-8(7,5-2)6-3;2*1-3-4(2)5;/h2*4-6H2,1-3H3;2*4H,3H2,1-2H3;/q4*-1;+4. The Labute approximate surface area is 179 Å². The average Bonchev–Trinajstić information content (AvgIpc) is 2.70. The molecular formula is C20H48O4Si2Zr. The zero-order valence-corrected chi connectivity index (χ0v) is 24.4. The van der Waals surface area contributed by atoms with Crippen molar-refractivity contribution in [1.82, 2.24) is 0 Å². The van der Waals surface area contributed by atoms with Crippen LogP contribution in [0.5, 0.6) is 0 Å². The molecule has 0 aromatic rings. The van der Waals surface area contributed by atoms with Crippen molar-refractivity contribution >= 4 is 16.6 Å². The molecule has 0 rings (SSSR count). The van der Waals surface area contributed by atoms with Gasteiger partial charge in [-0.25, -0.2) is 0 Å². The number of hydrogen-bond acceptors (Lipinski definition) is 4. The summed E-state index contributed by atoms with van der Waals surface area (Å²) in [6, 6.07) is 6.55. The summed E-state index contributed by atoms with van der Waals surface area (Å²) in [5.74, 6) is 0. The van der Waals surface area contributed by atoms with Crippen molar-refractivity contribution in [2.75, 3.05) is 0 Å². The Balaban J connectivity index is 6.20. The Bertz CT molecular complexity index is 338. The molecule has 164 valence electrons. The topological polar surface area (TPSA) is 36.9 Å². The van der Waals surface area contributed by atoms with Crippen molar-refractivity contribution in [1.29, 1.82) is 0 Å². The summed E-state index contributed by atoms with van der Waals surface area (Å²) < 4.78 is 27.6. The first-order valence-corrected chi connectivity index (χ1v) is 20.5. The van der Waals surface area contributed by atoms with Crippen LogP contribution in [0.15, 0.2) is 0 Å². The molecule has 0 aromatic heterocycles. The van der Waals surface area contributed by atoms with Crippen LogP contribution in [0.4, 0.5) is 0 Å². The van der Waals surface area contributed by atoms with E-state index in [1.807, 2.05) is 0 Å². The van der Waals surface area contributed by atoms with Gasteiger partial charge >= 0.3 is 180 Å². The van der Waals surface area contributed by atoms with Crippen molar-refractivity contribution in [3.63, 3.8) is 0 Å². The summed E-state index contributed by atoms with van der Waals surface area (Å²) in [6.45, 7) is 22.2. The second-order valence-electron chi connectivity index (χ2n) is 7.86. The predicted molar refractivity (Wildman–Crippen MR) is 118 cm³/mol. The summed E-state index contributed by atoms with van der Waals surface area (Å²) in [4.78, 5) is 0. The average molecular weight is 500 g/mol. The van der Waals surface area contributed by atoms with Crippen LogP contribution >= 0.6 is 0 Å². The van der Waals surface area contributed by atoms with E-state index in [1.54, 1.807) is 0 Å². The second-order valence-corrected chi connectivity index (χ2v) is 23.9. The molecule has 0 saturated heterocycles. The fraction of sp³-hybridized carbons (Fsp3) is 1.00. The third-order valence-electron chi connectivity index (χ3n) is 6.39. The summed E-state index contributed by atoms with van der Waals surface area (Å²) in [7, 11) is -3.82. The maximum atomic E-state index is 7.10. The van der Waals surface area contributed by atoms with Gasteiger partial charge in [-0.15, -0.1) is 0 Å². The zero-order valence-electron chi connectivity index (χ0n) is 19.9. The maximum absolute atomic E-state index is 7.10. The van der Waals surface area contributed by atoms with Gasteiger partial charge in [-0.05, 0) is 0 Å². The molecule has 0 amide bonds. The quantitative estimate of drug-likeness (QED) is 0.206. The van der Waals surface area contributed by atoms with E-state index >= 15 is 0 Å². The van der Waals surface area contributed by atoms with Crippen LogP contribution in [0.3, 0.4) is 0 Å². The molecular weight excluding hydrogens is 452 g/mol. The first kappa shape index (κ1) is 28.2. The Hall–Kier alpha value is 1.16. The Kier molecular flexibility index (Phi) is 14.0. The van der Waals surface area contributed by atoms with Crippen LogP contribution in [-0.2, 0) is 32.7 Å². The monoisotopic (exact) mass is 498 g/mol. The van der Waals surface area contributed by atoms with Gasteiger partial charge < -0.3 is 0 Å². The number of rotatable bonds is 16. The Morgan fingerprint density at radius 3 is 1.00 bits per heavy atom. The van der Waals surface area contributed by atoms with Crippen molar-refractivity contribution < 1.29 is 32.7 Å². The van der Waals surface area contributed by atoms with E-state index in [0.717, 1.165) is 49.1 Å². The van der Waals surface area contributed by atoms with Crippen molar-refractivity contribution in [3.8, 4) is 0 Å². The van der Waals surface area contributed by atoms with Gasteiger partial charge in [0.2, 0.25) is 0 Å². The van der Waals surface area contributed by atoms with Gasteiger partial charge in [0.25, 0.3) is 0 Å². The molecule has 0 aliphatic carbocycles. The minimum atomic E-state index is -4.20. The third-order valence-corrected chi connectivity index (χ3v) is 29.0. The summed E-state index contributed by atoms with van der Waals surface area (Å²) in [5.41, 5.74) is 0. The van der Waals surface area contributed by atoms with E-state index in [1.165, 1.54) is 0 Å². The molecule has 0 N–H and O–H groups in total. The van der Waals surface area contributed by atoms with Gasteiger partial charge in [0, 0.05) is 0 Å². The molecule has 0 spiro atoms. The fourth-order valence-corrected chi connectivity index (χ4v) is 28.5. The summed E-state index contributed by atoms with van der Waals surface area (Å²) >= 11 is -4.20. The van der Waals surface area contributed by atoms with E-state index in [0.29, 0.717) is 0 Å². The van der Waals surface area contributed by atoms with Gasteiger partial charge in [-0.2, -0.15) is 0 Å². The first-order chi connectivity index (χ1) is 12.7. The molecule has 4 nitrogen and oxygen atoms in total. The first-order valence-electron chi connectivity index (χ1n) is 11.4. The molecule has 0 heterocycles. The second kappa shape index (κ2) is 13.5. The molecule has 7 heteroatoms. The SMILES string of the molecule is CCC(C)[O][Zr]([O]C(C)CC)([O][Si](CC)(CC)CC)[O][Si](CC)(CC)CC. The van der Waals surface area contributed by atoms with E-state index in [9.17, 15) is 0 Å². The summed E-state index contributed by atoms with van der Waals surface area (Å²) in [6.07, 6.45) is 2.12. The normalized spacial score (nSPS) is 15.8. The molecule has 0 fully saturated rings. The van der Waals surface area contributed by atoms with Crippen molar-refractivity contribution in [2.45, 2.75) is 131 Å². The van der Waals surface area contributed by atoms with Crippen molar-refractivity contribution in [3.05, 3.63) is 0 Å². The summed E-state index contributed by atoms with van der Waals surface area (Å²) in [5, 5.41) is 0. The van der Waals surface area contributed by atoms with E-state index in [2.05, 4.69) is 69.2 Å². The predicted octanol–water partition coefficient (Wildman–Crippen LogP) is 7.47. The van der Waals surface area contributed by atoms with Crippen LogP contribution in [0, 0.1) is 0 Å². The third kappa shape index (κ3) is 8.43. The number of hydrogen-bond donors (Lipinski definition) is 0. The van der Waals surface area contributed by atoms with E-state index in [-0.39, 0.29) is 12.2 Å². The molecule has 0 aromatic carbocycles.